The van der Waals surface area contributed by atoms with Gasteiger partial charge in [-0.05, 0) is 37.6 Å². The molecule has 0 N–H and O–H groups in total. The van der Waals surface area contributed by atoms with Gasteiger partial charge in [-0.3, -0.25) is 4.90 Å². The van der Waals surface area contributed by atoms with Gasteiger partial charge in [0.15, 0.2) is 0 Å². The van der Waals surface area contributed by atoms with E-state index in [1.165, 1.54) is 61.7 Å². The summed E-state index contributed by atoms with van der Waals surface area (Å²) in [5.74, 6) is 1.96. The van der Waals surface area contributed by atoms with Gasteiger partial charge in [-0.15, -0.1) is 0 Å². The maximum atomic E-state index is 6.15. The molecule has 140 valence electrons. The summed E-state index contributed by atoms with van der Waals surface area (Å²) in [4.78, 5) is 2.62. The Morgan fingerprint density at radius 3 is 2.59 bits per heavy atom. The molecule has 0 bridgehead atoms. The van der Waals surface area contributed by atoms with Crippen LogP contribution in [0.25, 0.3) is 6.08 Å². The number of benzene rings is 2. The Balaban J connectivity index is 1.28. The summed E-state index contributed by atoms with van der Waals surface area (Å²) in [5.41, 5.74) is 4.25. The van der Waals surface area contributed by atoms with E-state index in [4.69, 9.17) is 4.74 Å². The zero-order valence-corrected chi connectivity index (χ0v) is 16.0. The highest BCUT2D eigenvalue weighted by molar-refractivity contribution is 5.75. The second-order valence-corrected chi connectivity index (χ2v) is 8.32. The van der Waals surface area contributed by atoms with Crippen LogP contribution >= 0.6 is 0 Å². The summed E-state index contributed by atoms with van der Waals surface area (Å²) in [5, 5.41) is 0. The lowest BCUT2D eigenvalue weighted by Gasteiger charge is -2.42. The minimum atomic E-state index is 0.772. The maximum absolute atomic E-state index is 6.15. The third-order valence-electron chi connectivity index (χ3n) is 6.56. The van der Waals surface area contributed by atoms with Gasteiger partial charge in [0, 0.05) is 30.5 Å². The predicted octanol–water partition coefficient (Wildman–Crippen LogP) is 4.64. The Kier molecular flexibility index (Phi) is 4.50. The molecular formula is C24H29N2O+. The van der Waals surface area contributed by atoms with Gasteiger partial charge in [-0.1, -0.05) is 42.5 Å². The van der Waals surface area contributed by atoms with Crippen LogP contribution in [0.5, 0.6) is 0 Å². The van der Waals surface area contributed by atoms with Gasteiger partial charge in [0.05, 0.1) is 25.8 Å². The molecular weight excluding hydrogens is 332 g/mol. The number of fused-ring (bicyclic) bond motifs is 3. The van der Waals surface area contributed by atoms with Gasteiger partial charge in [-0.25, -0.2) is 4.48 Å². The monoisotopic (exact) mass is 361 g/mol. The van der Waals surface area contributed by atoms with Crippen LogP contribution in [-0.4, -0.2) is 37.7 Å². The molecule has 3 heterocycles. The molecule has 2 aromatic carbocycles. The van der Waals surface area contributed by atoms with Crippen LogP contribution in [-0.2, 0) is 11.3 Å². The van der Waals surface area contributed by atoms with Crippen molar-refractivity contribution in [2.45, 2.75) is 25.8 Å². The van der Waals surface area contributed by atoms with Crippen molar-refractivity contribution >= 4 is 11.8 Å². The fraction of sp³-hybridized carbons (Fsp3) is 0.417. The van der Waals surface area contributed by atoms with Crippen molar-refractivity contribution in [1.29, 1.82) is 0 Å². The Morgan fingerprint density at radius 1 is 0.963 bits per heavy atom. The van der Waals surface area contributed by atoms with Gasteiger partial charge in [0.2, 0.25) is 0 Å². The molecule has 0 aliphatic carbocycles. The highest BCUT2D eigenvalue weighted by Crippen LogP contribution is 2.44. The summed E-state index contributed by atoms with van der Waals surface area (Å²) in [6.07, 6.45) is 6.03. The minimum Gasteiger partial charge on any atom is -0.451 e. The van der Waals surface area contributed by atoms with Crippen LogP contribution in [0.2, 0.25) is 0 Å². The van der Waals surface area contributed by atoms with Crippen LogP contribution in [0, 0.1) is 5.92 Å². The average Bonchev–Trinajstić information content (AvgIpc) is 3.04. The lowest BCUT2D eigenvalue weighted by atomic mass is 9.94. The predicted molar refractivity (Wildman–Crippen MR) is 111 cm³/mol. The van der Waals surface area contributed by atoms with Crippen molar-refractivity contribution in [2.75, 3.05) is 32.8 Å². The summed E-state index contributed by atoms with van der Waals surface area (Å²) in [6, 6.07) is 19.8. The highest BCUT2D eigenvalue weighted by Gasteiger charge is 2.46. The molecule has 5 rings (SSSR count). The fourth-order valence-electron chi connectivity index (χ4n) is 5.17. The normalized spacial score (nSPS) is 25.4. The lowest BCUT2D eigenvalue weighted by Crippen LogP contribution is -2.54. The number of para-hydroxylation sites is 1. The first-order valence-electron chi connectivity index (χ1n) is 10.4. The molecule has 3 aliphatic heterocycles. The first kappa shape index (κ1) is 17.0. The number of nitrogens with zero attached hydrogens (tertiary/aromatic N) is 2. The highest BCUT2D eigenvalue weighted by atomic mass is 16.5. The molecule has 2 fully saturated rings. The Bertz CT molecular complexity index is 823. The molecule has 27 heavy (non-hydrogen) atoms. The summed E-state index contributed by atoms with van der Waals surface area (Å²) in [7, 11) is 0. The number of hydrogen-bond donors (Lipinski definition) is 0. The van der Waals surface area contributed by atoms with E-state index in [1.807, 2.05) is 0 Å². The van der Waals surface area contributed by atoms with Crippen molar-refractivity contribution in [2.24, 2.45) is 5.92 Å². The minimum absolute atomic E-state index is 0.772. The van der Waals surface area contributed by atoms with E-state index in [9.17, 15) is 0 Å². The molecule has 0 spiro atoms. The number of piperidine rings is 1. The zero-order chi connectivity index (χ0) is 18.1. The summed E-state index contributed by atoms with van der Waals surface area (Å²) < 4.78 is 7.11. The van der Waals surface area contributed by atoms with Crippen molar-refractivity contribution in [1.82, 2.24) is 9.38 Å². The van der Waals surface area contributed by atoms with E-state index in [-0.39, 0.29) is 0 Å². The average molecular weight is 362 g/mol. The number of quaternary nitrogens is 1. The van der Waals surface area contributed by atoms with Crippen molar-refractivity contribution < 1.29 is 4.74 Å². The quantitative estimate of drug-likeness (QED) is 0.736. The Labute approximate surface area is 162 Å². The summed E-state index contributed by atoms with van der Waals surface area (Å²) in [6.45, 7) is 6.76. The van der Waals surface area contributed by atoms with E-state index in [1.54, 1.807) is 0 Å². The van der Waals surface area contributed by atoms with Gasteiger partial charge < -0.3 is 4.74 Å². The molecule has 0 aromatic heterocycles. The van der Waals surface area contributed by atoms with Crippen LogP contribution in [0.1, 0.15) is 30.4 Å². The Hall–Kier alpha value is -2.10. The van der Waals surface area contributed by atoms with Crippen molar-refractivity contribution in [3.8, 4) is 0 Å². The third kappa shape index (κ3) is 3.19. The molecule has 1 atom stereocenters. The van der Waals surface area contributed by atoms with Crippen LogP contribution in [0.3, 0.4) is 0 Å². The maximum Gasteiger partial charge on any atom is 0.297 e. The standard InChI is InChI=1S/C24H29N2O/c1-2-7-20(8-3-1)18-25-13-11-21(12-14-25)19-26-15-6-16-27-24(26)17-22-9-4-5-10-23(22)26/h1-5,7-10,17,21H,6,11-16,18-19H2/q+1. The fourth-order valence-corrected chi connectivity index (χ4v) is 5.17. The van der Waals surface area contributed by atoms with E-state index < -0.39 is 0 Å². The van der Waals surface area contributed by atoms with Crippen molar-refractivity contribution in [3.05, 3.63) is 71.6 Å². The van der Waals surface area contributed by atoms with E-state index in [2.05, 4.69) is 65.6 Å². The topological polar surface area (TPSA) is 12.5 Å². The van der Waals surface area contributed by atoms with Crippen molar-refractivity contribution in [3.63, 3.8) is 0 Å². The second kappa shape index (κ2) is 7.14. The van der Waals surface area contributed by atoms with Crippen LogP contribution in [0.4, 0.5) is 5.69 Å². The first-order valence-corrected chi connectivity index (χ1v) is 10.4. The van der Waals surface area contributed by atoms with E-state index in [0.717, 1.165) is 30.0 Å². The molecule has 1 unspecified atom stereocenters. The molecule has 2 saturated heterocycles. The Morgan fingerprint density at radius 2 is 1.74 bits per heavy atom. The largest absolute Gasteiger partial charge is 0.451 e. The molecule has 2 aromatic rings. The number of ether oxygens (including phenoxy) is 1. The van der Waals surface area contributed by atoms with Gasteiger partial charge >= 0.3 is 0 Å². The molecule has 3 aliphatic rings. The molecule has 3 nitrogen and oxygen atoms in total. The smallest absolute Gasteiger partial charge is 0.297 e. The zero-order valence-electron chi connectivity index (χ0n) is 16.0. The lowest BCUT2D eigenvalue weighted by molar-refractivity contribution is 0.0546. The van der Waals surface area contributed by atoms with Gasteiger partial charge in [0.1, 0.15) is 5.69 Å². The molecule has 0 saturated carbocycles. The molecule has 0 amide bonds. The first-order chi connectivity index (χ1) is 13.3. The van der Waals surface area contributed by atoms with E-state index >= 15 is 0 Å². The van der Waals surface area contributed by atoms with Gasteiger partial charge in [0.25, 0.3) is 5.88 Å². The molecule has 0 radical (unpaired) electrons. The van der Waals surface area contributed by atoms with Crippen LogP contribution < -0.4 is 4.48 Å². The van der Waals surface area contributed by atoms with Gasteiger partial charge in [-0.2, -0.15) is 0 Å². The molecule has 3 heteroatoms. The second-order valence-electron chi connectivity index (χ2n) is 8.32. The number of hydrogen-bond acceptors (Lipinski definition) is 2. The SMILES string of the molecule is C1=C2OCCC[N+]2(CC2CCN(Cc3ccccc3)CC2)c2ccccc21. The van der Waals surface area contributed by atoms with E-state index in [0.29, 0.717) is 0 Å². The third-order valence-corrected chi connectivity index (χ3v) is 6.56. The number of rotatable bonds is 4. The number of likely N-dealkylation sites (tertiary alicyclic amines) is 1. The van der Waals surface area contributed by atoms with Crippen LogP contribution in [0.15, 0.2) is 60.5 Å². The summed E-state index contributed by atoms with van der Waals surface area (Å²) >= 11 is 0.